The van der Waals surface area contributed by atoms with Gasteiger partial charge in [0.15, 0.2) is 0 Å². The van der Waals surface area contributed by atoms with Crippen LogP contribution in [0, 0.1) is 0 Å². The molecule has 0 aromatic heterocycles. The van der Waals surface area contributed by atoms with Gasteiger partial charge in [0, 0.05) is 31.7 Å². The van der Waals surface area contributed by atoms with Crippen molar-refractivity contribution in [1.82, 2.24) is 15.1 Å². The third kappa shape index (κ3) is 5.25. The Morgan fingerprint density at radius 3 is 2.61 bits per heavy atom. The average molecular weight is 255 g/mol. The Balaban J connectivity index is 2.19. The molecular weight excluding hydrogens is 222 g/mol. The molecule has 0 radical (unpaired) electrons. The lowest BCUT2D eigenvalue weighted by Gasteiger charge is -2.39. The number of hydrogen-bond donors (Lipinski definition) is 1. The van der Waals surface area contributed by atoms with Crippen LogP contribution in [0.2, 0.25) is 0 Å². The molecule has 1 saturated heterocycles. The van der Waals surface area contributed by atoms with Gasteiger partial charge < -0.3 is 15.1 Å². The zero-order chi connectivity index (χ0) is 13.4. The Morgan fingerprint density at radius 2 is 2.00 bits per heavy atom. The first-order valence-corrected chi connectivity index (χ1v) is 7.87. The normalized spacial score (nSPS) is 24.3. The Bertz CT molecular complexity index is 208. The third-order valence-corrected chi connectivity index (χ3v) is 4.35. The molecule has 0 amide bonds. The molecule has 3 nitrogen and oxygen atoms in total. The fourth-order valence-corrected chi connectivity index (χ4v) is 2.95. The second kappa shape index (κ2) is 8.89. The van der Waals surface area contributed by atoms with Crippen LogP contribution in [0.3, 0.4) is 0 Å². The predicted molar refractivity (Wildman–Crippen MR) is 80.1 cm³/mol. The first-order valence-electron chi connectivity index (χ1n) is 7.87. The van der Waals surface area contributed by atoms with E-state index in [4.69, 9.17) is 0 Å². The lowest BCUT2D eigenvalue weighted by molar-refractivity contribution is 0.0914. The molecule has 1 fully saturated rings. The monoisotopic (exact) mass is 255 g/mol. The second-order valence-electron chi connectivity index (χ2n) is 5.65. The van der Waals surface area contributed by atoms with Gasteiger partial charge in [0.05, 0.1) is 0 Å². The van der Waals surface area contributed by atoms with E-state index >= 15 is 0 Å². The molecule has 0 aromatic rings. The molecule has 0 aromatic carbocycles. The Labute approximate surface area is 114 Å². The van der Waals surface area contributed by atoms with Crippen molar-refractivity contribution in [2.45, 2.75) is 58.5 Å². The minimum atomic E-state index is 0.726. The van der Waals surface area contributed by atoms with Gasteiger partial charge in [0.2, 0.25) is 0 Å². The highest BCUT2D eigenvalue weighted by Gasteiger charge is 2.22. The lowest BCUT2D eigenvalue weighted by Crippen LogP contribution is -2.51. The predicted octanol–water partition coefficient (Wildman–Crippen LogP) is 2.18. The van der Waals surface area contributed by atoms with Crippen LogP contribution in [-0.2, 0) is 0 Å². The summed E-state index contributed by atoms with van der Waals surface area (Å²) in [7, 11) is 2.27. The summed E-state index contributed by atoms with van der Waals surface area (Å²) in [6, 6.07) is 1.50. The molecule has 1 aliphatic rings. The van der Waals surface area contributed by atoms with Gasteiger partial charge in [-0.15, -0.1) is 0 Å². The smallest absolute Gasteiger partial charge is 0.0218 e. The van der Waals surface area contributed by atoms with Gasteiger partial charge in [0.1, 0.15) is 0 Å². The van der Waals surface area contributed by atoms with Crippen LogP contribution >= 0.6 is 0 Å². The molecule has 108 valence electrons. The summed E-state index contributed by atoms with van der Waals surface area (Å²) < 4.78 is 0. The first kappa shape index (κ1) is 15.9. The number of rotatable bonds is 8. The van der Waals surface area contributed by atoms with Gasteiger partial charge in [-0.25, -0.2) is 0 Å². The van der Waals surface area contributed by atoms with Crippen LogP contribution in [0.25, 0.3) is 0 Å². The molecule has 2 atom stereocenters. The summed E-state index contributed by atoms with van der Waals surface area (Å²) in [6.07, 6.45) is 5.20. The van der Waals surface area contributed by atoms with E-state index in [-0.39, 0.29) is 0 Å². The summed E-state index contributed by atoms with van der Waals surface area (Å²) in [5.41, 5.74) is 0. The van der Waals surface area contributed by atoms with Crippen LogP contribution in [0.1, 0.15) is 46.5 Å². The molecule has 3 heteroatoms. The van der Waals surface area contributed by atoms with E-state index < -0.39 is 0 Å². The summed E-state index contributed by atoms with van der Waals surface area (Å²) in [5.74, 6) is 0. The van der Waals surface area contributed by atoms with Crippen LogP contribution in [0.5, 0.6) is 0 Å². The van der Waals surface area contributed by atoms with Crippen LogP contribution in [0.15, 0.2) is 0 Å². The molecule has 1 heterocycles. The highest BCUT2D eigenvalue weighted by atomic mass is 15.3. The second-order valence-corrected chi connectivity index (χ2v) is 5.65. The molecule has 0 bridgehead atoms. The van der Waals surface area contributed by atoms with Crippen molar-refractivity contribution in [2.24, 2.45) is 0 Å². The van der Waals surface area contributed by atoms with Crippen molar-refractivity contribution in [3.8, 4) is 0 Å². The SMILES string of the molecule is CCNC(CC)CCCN1CCN(C)C(CC)C1. The van der Waals surface area contributed by atoms with Crippen molar-refractivity contribution in [2.75, 3.05) is 39.8 Å². The average Bonchev–Trinajstić information content (AvgIpc) is 2.39. The number of hydrogen-bond acceptors (Lipinski definition) is 3. The number of nitrogens with one attached hydrogen (secondary N) is 1. The maximum absolute atomic E-state index is 3.57. The van der Waals surface area contributed by atoms with Gasteiger partial charge >= 0.3 is 0 Å². The zero-order valence-electron chi connectivity index (χ0n) is 12.9. The number of likely N-dealkylation sites (N-methyl/N-ethyl adjacent to an activating group) is 1. The molecule has 1 rings (SSSR count). The molecular formula is C15H33N3. The molecule has 1 aliphatic heterocycles. The van der Waals surface area contributed by atoms with Gasteiger partial charge in [-0.3, -0.25) is 0 Å². The largest absolute Gasteiger partial charge is 0.314 e. The van der Waals surface area contributed by atoms with Gasteiger partial charge in [0.25, 0.3) is 0 Å². The highest BCUT2D eigenvalue weighted by Crippen LogP contribution is 2.12. The van der Waals surface area contributed by atoms with Crippen molar-refractivity contribution >= 4 is 0 Å². The maximum Gasteiger partial charge on any atom is 0.0218 e. The molecule has 0 aliphatic carbocycles. The fraction of sp³-hybridized carbons (Fsp3) is 1.00. The van der Waals surface area contributed by atoms with Crippen molar-refractivity contribution in [3.63, 3.8) is 0 Å². The Hall–Kier alpha value is -0.120. The Kier molecular flexibility index (Phi) is 7.87. The topological polar surface area (TPSA) is 18.5 Å². The standard InChI is InChI=1S/C15H33N3/c1-5-14(16-7-3)9-8-10-18-12-11-17(4)15(6-2)13-18/h14-16H,5-13H2,1-4H3. The molecule has 0 saturated carbocycles. The maximum atomic E-state index is 3.57. The highest BCUT2D eigenvalue weighted by molar-refractivity contribution is 4.79. The van der Waals surface area contributed by atoms with Crippen LogP contribution in [-0.4, -0.2) is 61.7 Å². The van der Waals surface area contributed by atoms with E-state index in [9.17, 15) is 0 Å². The summed E-state index contributed by atoms with van der Waals surface area (Å²) >= 11 is 0. The summed E-state index contributed by atoms with van der Waals surface area (Å²) in [4.78, 5) is 5.18. The van der Waals surface area contributed by atoms with E-state index in [0.717, 1.165) is 18.6 Å². The van der Waals surface area contributed by atoms with Gasteiger partial charge in [-0.1, -0.05) is 20.8 Å². The van der Waals surface area contributed by atoms with E-state index in [1.165, 1.54) is 51.9 Å². The lowest BCUT2D eigenvalue weighted by atomic mass is 10.1. The number of piperazine rings is 1. The van der Waals surface area contributed by atoms with E-state index in [1.807, 2.05) is 0 Å². The van der Waals surface area contributed by atoms with Crippen molar-refractivity contribution < 1.29 is 0 Å². The van der Waals surface area contributed by atoms with Crippen molar-refractivity contribution in [3.05, 3.63) is 0 Å². The van der Waals surface area contributed by atoms with Crippen molar-refractivity contribution in [1.29, 1.82) is 0 Å². The van der Waals surface area contributed by atoms with E-state index in [2.05, 4.69) is 42.9 Å². The van der Waals surface area contributed by atoms with E-state index in [1.54, 1.807) is 0 Å². The minimum absolute atomic E-state index is 0.726. The van der Waals surface area contributed by atoms with Gasteiger partial charge in [-0.2, -0.15) is 0 Å². The number of nitrogens with zero attached hydrogens (tertiary/aromatic N) is 2. The summed E-state index contributed by atoms with van der Waals surface area (Å²) in [5, 5.41) is 3.57. The molecule has 1 N–H and O–H groups in total. The van der Waals surface area contributed by atoms with Crippen LogP contribution < -0.4 is 5.32 Å². The van der Waals surface area contributed by atoms with Crippen LogP contribution in [0.4, 0.5) is 0 Å². The van der Waals surface area contributed by atoms with E-state index in [0.29, 0.717) is 0 Å². The first-order chi connectivity index (χ1) is 8.71. The fourth-order valence-electron chi connectivity index (χ4n) is 2.95. The summed E-state index contributed by atoms with van der Waals surface area (Å²) in [6.45, 7) is 12.9. The molecule has 18 heavy (non-hydrogen) atoms. The van der Waals surface area contributed by atoms with Gasteiger partial charge in [-0.05, 0) is 45.8 Å². The zero-order valence-corrected chi connectivity index (χ0v) is 12.9. The molecule has 0 spiro atoms. The quantitative estimate of drug-likeness (QED) is 0.717. The third-order valence-electron chi connectivity index (χ3n) is 4.35. The molecule has 2 unspecified atom stereocenters. The minimum Gasteiger partial charge on any atom is -0.314 e. The Morgan fingerprint density at radius 1 is 1.22 bits per heavy atom.